The van der Waals surface area contributed by atoms with Crippen molar-refractivity contribution < 1.29 is 57.4 Å². The number of carboxylic acids is 2. The Bertz CT molecular complexity index is 1320. The lowest BCUT2D eigenvalue weighted by Gasteiger charge is -2.21. The number of nitrogens with zero attached hydrogens (tertiary/aromatic N) is 4. The summed E-state index contributed by atoms with van der Waals surface area (Å²) in [5.41, 5.74) is -1.10. The number of hydrogen-bond donors (Lipinski definition) is 4. The largest absolute Gasteiger partial charge is 0.493 e. The van der Waals surface area contributed by atoms with Crippen molar-refractivity contribution in [3.05, 3.63) is 47.4 Å². The lowest BCUT2D eigenvalue weighted by molar-refractivity contribution is -0.138. The van der Waals surface area contributed by atoms with E-state index in [-0.39, 0.29) is 29.1 Å². The molecule has 0 amide bonds. The minimum Gasteiger partial charge on any atom is -0.493 e. The molecule has 0 aliphatic rings. The minimum absolute atomic E-state index is 0. The van der Waals surface area contributed by atoms with Crippen molar-refractivity contribution in [3.63, 3.8) is 0 Å². The van der Waals surface area contributed by atoms with E-state index in [1.807, 2.05) is 0 Å². The molecule has 41 heavy (non-hydrogen) atoms. The van der Waals surface area contributed by atoms with Gasteiger partial charge in [-0.25, -0.2) is 18.4 Å². The van der Waals surface area contributed by atoms with Crippen LogP contribution in [0.3, 0.4) is 0 Å². The highest BCUT2D eigenvalue weighted by Crippen LogP contribution is 2.39. The smallest absolute Gasteiger partial charge is 0.408 e. The first-order chi connectivity index (χ1) is 18.3. The maximum Gasteiger partial charge on any atom is 0.408 e. The van der Waals surface area contributed by atoms with Crippen LogP contribution in [0.25, 0.3) is 16.9 Å². The minimum atomic E-state index is -4.65. The SMILES string of the molecule is CNCCCOc1cc(F)c(-c2c(Cl)nc3ncnn3c2N[C@@H](C)C(F)(F)F)c(F)c1.O.O.O=C(O)/C=C/C(=O)O. The van der Waals surface area contributed by atoms with Gasteiger partial charge in [-0.3, -0.25) is 0 Å². The topological polar surface area (TPSA) is 214 Å². The molecule has 13 nitrogen and oxygen atoms in total. The first-order valence-corrected chi connectivity index (χ1v) is 11.3. The number of carboxylic acid groups (broad SMARTS) is 2. The van der Waals surface area contributed by atoms with E-state index < -0.39 is 57.9 Å². The third-order valence-electron chi connectivity index (χ3n) is 4.70. The summed E-state index contributed by atoms with van der Waals surface area (Å²) in [6.45, 7) is 1.70. The number of alkyl halides is 3. The van der Waals surface area contributed by atoms with Gasteiger partial charge in [0.25, 0.3) is 5.78 Å². The summed E-state index contributed by atoms with van der Waals surface area (Å²) in [6, 6.07) is -0.231. The fourth-order valence-corrected chi connectivity index (χ4v) is 3.17. The van der Waals surface area contributed by atoms with Crippen LogP contribution in [0.5, 0.6) is 5.75 Å². The molecule has 0 aliphatic carbocycles. The van der Waals surface area contributed by atoms with Crippen molar-refractivity contribution in [2.24, 2.45) is 0 Å². The predicted molar refractivity (Wildman–Crippen MR) is 136 cm³/mol. The number of aliphatic carboxylic acids is 2. The van der Waals surface area contributed by atoms with Gasteiger partial charge in [-0.1, -0.05) is 11.6 Å². The molecule has 2 heterocycles. The monoisotopic (exact) mass is 616 g/mol. The molecule has 19 heteroatoms. The van der Waals surface area contributed by atoms with Gasteiger partial charge < -0.3 is 36.5 Å². The number of aromatic nitrogens is 4. The molecule has 0 spiro atoms. The van der Waals surface area contributed by atoms with E-state index in [1.165, 1.54) is 0 Å². The van der Waals surface area contributed by atoms with Crippen molar-refractivity contribution in [3.8, 4) is 16.9 Å². The van der Waals surface area contributed by atoms with Gasteiger partial charge in [0.05, 0.1) is 17.7 Å². The maximum atomic E-state index is 14.9. The molecule has 0 fully saturated rings. The van der Waals surface area contributed by atoms with Crippen LogP contribution in [-0.4, -0.2) is 85.1 Å². The van der Waals surface area contributed by atoms with E-state index >= 15 is 0 Å². The third kappa shape index (κ3) is 10.4. The Morgan fingerprint density at radius 3 is 2.17 bits per heavy atom. The molecule has 0 aliphatic heterocycles. The van der Waals surface area contributed by atoms with Crippen molar-refractivity contribution >= 4 is 35.1 Å². The zero-order chi connectivity index (χ0) is 29.3. The third-order valence-corrected chi connectivity index (χ3v) is 4.97. The molecule has 3 rings (SSSR count). The Morgan fingerprint density at radius 2 is 1.68 bits per heavy atom. The van der Waals surface area contributed by atoms with Gasteiger partial charge in [-0.15, -0.1) is 0 Å². The van der Waals surface area contributed by atoms with Crippen molar-refractivity contribution in [2.75, 3.05) is 25.5 Å². The Labute approximate surface area is 233 Å². The number of nitrogens with one attached hydrogen (secondary N) is 2. The summed E-state index contributed by atoms with van der Waals surface area (Å²) < 4.78 is 75.5. The van der Waals surface area contributed by atoms with E-state index in [0.29, 0.717) is 25.1 Å². The molecule has 1 aromatic carbocycles. The van der Waals surface area contributed by atoms with Crippen LogP contribution in [0.15, 0.2) is 30.6 Å². The number of ether oxygens (including phenoxy) is 1. The first kappa shape index (κ1) is 36.9. The molecular weight excluding hydrogens is 591 g/mol. The molecular formula is C22H26ClF5N6O7. The van der Waals surface area contributed by atoms with Crippen LogP contribution in [0, 0.1) is 11.6 Å². The number of halogens is 6. The zero-order valence-electron chi connectivity index (χ0n) is 21.3. The molecule has 1 atom stereocenters. The number of benzene rings is 1. The molecule has 0 bridgehead atoms. The molecule has 0 saturated carbocycles. The summed E-state index contributed by atoms with van der Waals surface area (Å²) >= 11 is 6.11. The van der Waals surface area contributed by atoms with E-state index in [2.05, 4.69) is 25.7 Å². The van der Waals surface area contributed by atoms with E-state index in [1.54, 1.807) is 7.05 Å². The first-order valence-electron chi connectivity index (χ1n) is 10.9. The Balaban J connectivity index is 0.00000140. The second kappa shape index (κ2) is 16.2. The van der Waals surface area contributed by atoms with Gasteiger partial charge in [-0.2, -0.15) is 32.8 Å². The van der Waals surface area contributed by atoms with Crippen LogP contribution in [0.1, 0.15) is 13.3 Å². The van der Waals surface area contributed by atoms with Gasteiger partial charge in [0.1, 0.15) is 40.7 Å². The number of hydrogen-bond acceptors (Lipinski definition) is 8. The van der Waals surface area contributed by atoms with Gasteiger partial charge in [-0.05, 0) is 26.9 Å². The van der Waals surface area contributed by atoms with Crippen molar-refractivity contribution in [1.82, 2.24) is 24.9 Å². The molecule has 0 saturated heterocycles. The molecule has 0 unspecified atom stereocenters. The summed E-state index contributed by atoms with van der Waals surface area (Å²) in [7, 11) is 1.75. The fraction of sp³-hybridized carbons (Fsp3) is 0.318. The summed E-state index contributed by atoms with van der Waals surface area (Å²) in [6.07, 6.45) is -1.91. The molecule has 3 aromatic rings. The molecule has 8 N–H and O–H groups in total. The van der Waals surface area contributed by atoms with E-state index in [9.17, 15) is 31.5 Å². The summed E-state index contributed by atoms with van der Waals surface area (Å²) in [5.74, 6) is -5.31. The lowest BCUT2D eigenvalue weighted by atomic mass is 10.1. The number of anilines is 1. The van der Waals surface area contributed by atoms with Gasteiger partial charge in [0.2, 0.25) is 0 Å². The van der Waals surface area contributed by atoms with E-state index in [4.69, 9.17) is 26.6 Å². The molecule has 0 radical (unpaired) electrons. The van der Waals surface area contributed by atoms with Crippen molar-refractivity contribution in [1.29, 1.82) is 0 Å². The van der Waals surface area contributed by atoms with E-state index in [0.717, 1.165) is 29.9 Å². The average molecular weight is 617 g/mol. The average Bonchev–Trinajstić information content (AvgIpc) is 3.29. The Hall–Kier alpha value is -4.13. The highest BCUT2D eigenvalue weighted by Gasteiger charge is 2.37. The Kier molecular flexibility index (Phi) is 14.6. The van der Waals surface area contributed by atoms with Crippen LogP contribution < -0.4 is 15.4 Å². The number of carbonyl (C=O) groups is 2. The van der Waals surface area contributed by atoms with Crippen LogP contribution in [0.2, 0.25) is 5.15 Å². The van der Waals surface area contributed by atoms with Gasteiger partial charge in [0.15, 0.2) is 0 Å². The summed E-state index contributed by atoms with van der Waals surface area (Å²) in [4.78, 5) is 26.8. The molecule has 228 valence electrons. The lowest BCUT2D eigenvalue weighted by Crippen LogP contribution is -2.34. The van der Waals surface area contributed by atoms with Crippen LogP contribution >= 0.6 is 11.6 Å². The second-order valence-electron chi connectivity index (χ2n) is 7.58. The fourth-order valence-electron chi connectivity index (χ4n) is 2.91. The van der Waals surface area contributed by atoms with Gasteiger partial charge in [0, 0.05) is 24.3 Å². The normalized spacial score (nSPS) is 11.6. The van der Waals surface area contributed by atoms with Crippen molar-refractivity contribution in [2.45, 2.75) is 25.6 Å². The summed E-state index contributed by atoms with van der Waals surface area (Å²) in [5, 5.41) is 24.1. The second-order valence-corrected chi connectivity index (χ2v) is 7.94. The van der Waals surface area contributed by atoms with Gasteiger partial charge >= 0.3 is 18.1 Å². The standard InChI is InChI=1S/C18H18ClF5N6O.C4H4O4.2H2O/c1-9(18(22,23)24)28-16-14(15(19)29-17-26-8-27-30(16)17)13-11(20)6-10(7-12(13)21)31-5-3-4-25-2;5-3(6)1-2-4(7)8;;/h6-9,25,28H,3-5H2,1-2H3;1-2H,(H,5,6)(H,7,8);2*1H2/b;2-1+;;/t9-;;;/m0.../s1. The molecule has 2 aromatic heterocycles. The van der Waals surface area contributed by atoms with Crippen LogP contribution in [0.4, 0.5) is 27.8 Å². The Morgan fingerprint density at radius 1 is 1.12 bits per heavy atom. The highest BCUT2D eigenvalue weighted by molar-refractivity contribution is 6.33. The number of fused-ring (bicyclic) bond motifs is 1. The zero-order valence-corrected chi connectivity index (χ0v) is 22.0. The van der Waals surface area contributed by atoms with Crippen LogP contribution in [-0.2, 0) is 9.59 Å². The highest BCUT2D eigenvalue weighted by atomic mass is 35.5. The maximum absolute atomic E-state index is 14.9. The number of rotatable bonds is 10. The predicted octanol–water partition coefficient (Wildman–Crippen LogP) is 2.14. The quantitative estimate of drug-likeness (QED) is 0.113.